The van der Waals surface area contributed by atoms with Gasteiger partial charge < -0.3 is 19.7 Å². The highest BCUT2D eigenvalue weighted by molar-refractivity contribution is 5.69. The van der Waals surface area contributed by atoms with Crippen molar-refractivity contribution in [2.24, 2.45) is 17.8 Å². The van der Waals surface area contributed by atoms with E-state index in [9.17, 15) is 15.0 Å². The monoisotopic (exact) mass is 406 g/mol. The standard InChI is InChI=1S/C24H38O5/c1-28-24(27)10-6-5-9-19-15-21-20(22(26)16-23(21)29-19)14-13-18(25)12-11-17-7-3-2-4-8-17/h9,13-14,17-18,20-23,25-26H,2-8,10-12,15-16H2,1H3/b14-13+,19-9-/t18-,20+,21+,22+,23+/m0/s1. The minimum atomic E-state index is -0.418. The first-order valence-electron chi connectivity index (χ1n) is 11.5. The second kappa shape index (κ2) is 11.2. The van der Waals surface area contributed by atoms with Crippen molar-refractivity contribution in [3.05, 3.63) is 24.0 Å². The molecule has 0 spiro atoms. The summed E-state index contributed by atoms with van der Waals surface area (Å²) in [6.07, 6.45) is 17.3. The van der Waals surface area contributed by atoms with Gasteiger partial charge >= 0.3 is 5.97 Å². The molecule has 5 heteroatoms. The Kier molecular flexibility index (Phi) is 8.61. The Balaban J connectivity index is 1.43. The summed E-state index contributed by atoms with van der Waals surface area (Å²) in [5, 5.41) is 20.8. The third-order valence-corrected chi connectivity index (χ3v) is 6.97. The lowest BCUT2D eigenvalue weighted by Crippen LogP contribution is -2.18. The minimum Gasteiger partial charge on any atom is -0.495 e. The van der Waals surface area contributed by atoms with Crippen LogP contribution in [0.1, 0.15) is 77.0 Å². The minimum absolute atomic E-state index is 0.0466. The highest BCUT2D eigenvalue weighted by Gasteiger charge is 2.46. The van der Waals surface area contributed by atoms with Crippen molar-refractivity contribution in [3.63, 3.8) is 0 Å². The molecule has 3 aliphatic rings. The van der Waals surface area contributed by atoms with Gasteiger partial charge in [0.25, 0.3) is 0 Å². The summed E-state index contributed by atoms with van der Waals surface area (Å²) in [6.45, 7) is 0. The van der Waals surface area contributed by atoms with E-state index in [2.05, 4.69) is 10.8 Å². The summed E-state index contributed by atoms with van der Waals surface area (Å²) in [4.78, 5) is 11.2. The van der Waals surface area contributed by atoms with Gasteiger partial charge in [-0.2, -0.15) is 0 Å². The topological polar surface area (TPSA) is 76.0 Å². The second-order valence-corrected chi connectivity index (χ2v) is 9.08. The molecule has 0 amide bonds. The molecule has 164 valence electrons. The first-order valence-corrected chi connectivity index (χ1v) is 11.5. The van der Waals surface area contributed by atoms with Gasteiger partial charge in [-0.05, 0) is 37.7 Å². The van der Waals surface area contributed by atoms with E-state index >= 15 is 0 Å². The maximum atomic E-state index is 11.2. The van der Waals surface area contributed by atoms with Crippen LogP contribution in [0, 0.1) is 17.8 Å². The number of ether oxygens (including phenoxy) is 2. The molecule has 2 saturated carbocycles. The van der Waals surface area contributed by atoms with Crippen LogP contribution in [0.3, 0.4) is 0 Å². The predicted molar refractivity (Wildman–Crippen MR) is 112 cm³/mol. The zero-order valence-corrected chi connectivity index (χ0v) is 17.8. The van der Waals surface area contributed by atoms with E-state index in [1.54, 1.807) is 0 Å². The third-order valence-electron chi connectivity index (χ3n) is 6.97. The fourth-order valence-corrected chi connectivity index (χ4v) is 5.23. The summed E-state index contributed by atoms with van der Waals surface area (Å²) < 4.78 is 10.7. The molecule has 3 rings (SSSR count). The van der Waals surface area contributed by atoms with E-state index in [0.717, 1.165) is 43.8 Å². The fraction of sp³-hybridized carbons (Fsp3) is 0.792. The van der Waals surface area contributed by atoms with E-state index in [1.807, 2.05) is 12.2 Å². The Labute approximate surface area is 175 Å². The van der Waals surface area contributed by atoms with Crippen molar-refractivity contribution < 1.29 is 24.5 Å². The zero-order valence-electron chi connectivity index (χ0n) is 17.8. The highest BCUT2D eigenvalue weighted by Crippen LogP contribution is 2.45. The quantitative estimate of drug-likeness (QED) is 0.340. The molecule has 0 aromatic carbocycles. The van der Waals surface area contributed by atoms with Gasteiger partial charge in [-0.15, -0.1) is 0 Å². The normalized spacial score (nSPS) is 32.4. The SMILES string of the molecule is COC(=O)CCC/C=C1/C[C@@H]2[C@@H](/C=C/[C@@H](O)CCC3CCCCC3)[C@H](O)C[C@H]2O1. The fourth-order valence-electron chi connectivity index (χ4n) is 5.23. The molecular formula is C24H38O5. The van der Waals surface area contributed by atoms with Gasteiger partial charge in [-0.1, -0.05) is 44.3 Å². The average Bonchev–Trinajstić information content (AvgIpc) is 3.25. The number of carbonyl (C=O) groups excluding carboxylic acids is 1. The Morgan fingerprint density at radius 3 is 2.86 bits per heavy atom. The summed E-state index contributed by atoms with van der Waals surface area (Å²) in [5.74, 6) is 1.91. The number of methoxy groups -OCH3 is 1. The predicted octanol–water partition coefficient (Wildman–Crippen LogP) is 4.28. The smallest absolute Gasteiger partial charge is 0.305 e. The van der Waals surface area contributed by atoms with Gasteiger partial charge in [0.2, 0.25) is 0 Å². The van der Waals surface area contributed by atoms with Crippen LogP contribution in [0.2, 0.25) is 0 Å². The summed E-state index contributed by atoms with van der Waals surface area (Å²) in [5.41, 5.74) is 0. The molecule has 1 saturated heterocycles. The molecule has 29 heavy (non-hydrogen) atoms. The number of fused-ring (bicyclic) bond motifs is 1. The lowest BCUT2D eigenvalue weighted by molar-refractivity contribution is -0.140. The van der Waals surface area contributed by atoms with Crippen molar-refractivity contribution in [1.82, 2.24) is 0 Å². The van der Waals surface area contributed by atoms with Crippen LogP contribution in [0.15, 0.2) is 24.0 Å². The third kappa shape index (κ3) is 6.58. The van der Waals surface area contributed by atoms with Crippen LogP contribution >= 0.6 is 0 Å². The maximum Gasteiger partial charge on any atom is 0.305 e. The molecule has 5 nitrogen and oxygen atoms in total. The van der Waals surface area contributed by atoms with Crippen LogP contribution in [-0.4, -0.2) is 41.6 Å². The van der Waals surface area contributed by atoms with Gasteiger partial charge in [0, 0.05) is 31.1 Å². The van der Waals surface area contributed by atoms with Crippen LogP contribution in [0.4, 0.5) is 0 Å². The Morgan fingerprint density at radius 2 is 2.10 bits per heavy atom. The summed E-state index contributed by atoms with van der Waals surface area (Å²) in [6, 6.07) is 0. The highest BCUT2D eigenvalue weighted by atomic mass is 16.5. The number of esters is 1. The summed E-state index contributed by atoms with van der Waals surface area (Å²) in [7, 11) is 1.41. The van der Waals surface area contributed by atoms with E-state index in [1.165, 1.54) is 39.2 Å². The van der Waals surface area contributed by atoms with Crippen LogP contribution in [0.25, 0.3) is 0 Å². The number of aliphatic hydroxyl groups excluding tert-OH is 2. The second-order valence-electron chi connectivity index (χ2n) is 9.08. The molecule has 3 fully saturated rings. The Bertz CT molecular complexity index is 578. The van der Waals surface area contributed by atoms with Crippen molar-refractivity contribution in [1.29, 1.82) is 0 Å². The number of unbranched alkanes of at least 4 members (excludes halogenated alkanes) is 1. The molecule has 0 aromatic heterocycles. The first-order chi connectivity index (χ1) is 14.1. The molecule has 1 heterocycles. The average molecular weight is 407 g/mol. The number of carbonyl (C=O) groups is 1. The Hall–Kier alpha value is -1.33. The van der Waals surface area contributed by atoms with E-state index in [4.69, 9.17) is 4.74 Å². The van der Waals surface area contributed by atoms with Crippen molar-refractivity contribution in [2.45, 2.75) is 95.4 Å². The number of hydrogen-bond acceptors (Lipinski definition) is 5. The van der Waals surface area contributed by atoms with Crippen molar-refractivity contribution in [2.75, 3.05) is 7.11 Å². The van der Waals surface area contributed by atoms with Gasteiger partial charge in [-0.3, -0.25) is 4.79 Å². The van der Waals surface area contributed by atoms with Crippen LogP contribution < -0.4 is 0 Å². The largest absolute Gasteiger partial charge is 0.495 e. The molecule has 2 aliphatic carbocycles. The van der Waals surface area contributed by atoms with Crippen molar-refractivity contribution >= 4 is 5.97 Å². The van der Waals surface area contributed by atoms with E-state index < -0.39 is 12.2 Å². The van der Waals surface area contributed by atoms with Gasteiger partial charge in [-0.25, -0.2) is 0 Å². The molecular weight excluding hydrogens is 368 g/mol. The van der Waals surface area contributed by atoms with E-state index in [-0.39, 0.29) is 23.9 Å². The molecule has 5 atom stereocenters. The molecule has 0 bridgehead atoms. The van der Waals surface area contributed by atoms with Gasteiger partial charge in [0.05, 0.1) is 25.1 Å². The van der Waals surface area contributed by atoms with Crippen LogP contribution in [-0.2, 0) is 14.3 Å². The Morgan fingerprint density at radius 1 is 1.31 bits per heavy atom. The lowest BCUT2D eigenvalue weighted by atomic mass is 9.85. The number of aliphatic hydroxyl groups is 2. The van der Waals surface area contributed by atoms with Gasteiger partial charge in [0.1, 0.15) is 6.10 Å². The molecule has 0 aromatic rings. The number of allylic oxidation sites excluding steroid dienone is 2. The first kappa shape index (κ1) is 22.4. The van der Waals surface area contributed by atoms with Crippen molar-refractivity contribution in [3.8, 4) is 0 Å². The molecule has 0 unspecified atom stereocenters. The number of rotatable bonds is 9. The van der Waals surface area contributed by atoms with E-state index in [0.29, 0.717) is 12.8 Å². The lowest BCUT2D eigenvalue weighted by Gasteiger charge is -2.22. The summed E-state index contributed by atoms with van der Waals surface area (Å²) >= 11 is 0. The van der Waals surface area contributed by atoms with Gasteiger partial charge in [0.15, 0.2) is 0 Å². The zero-order chi connectivity index (χ0) is 20.6. The van der Waals surface area contributed by atoms with Crippen LogP contribution in [0.5, 0.6) is 0 Å². The molecule has 1 aliphatic heterocycles. The maximum absolute atomic E-state index is 11.2. The molecule has 0 radical (unpaired) electrons. The molecule has 2 N–H and O–H groups in total. The number of hydrogen-bond donors (Lipinski definition) is 2.